The molecule has 212 valence electrons. The number of fused-ring (bicyclic) bond motifs is 1. The summed E-state index contributed by atoms with van der Waals surface area (Å²) in [6, 6.07) is 26.7. The summed E-state index contributed by atoms with van der Waals surface area (Å²) in [5.74, 6) is 0.636. The molecular weight excluding hydrogens is 508 g/mol. The molecule has 7 nitrogen and oxygen atoms in total. The van der Waals surface area contributed by atoms with Gasteiger partial charge in [0.2, 0.25) is 0 Å². The molecule has 2 aromatic heterocycles. The summed E-state index contributed by atoms with van der Waals surface area (Å²) in [5.41, 5.74) is 5.62. The Labute approximate surface area is 242 Å². The van der Waals surface area contributed by atoms with Crippen LogP contribution in [0.3, 0.4) is 0 Å². The van der Waals surface area contributed by atoms with Gasteiger partial charge in [-0.1, -0.05) is 93.6 Å². The first-order valence-electron chi connectivity index (χ1n) is 14.2. The van der Waals surface area contributed by atoms with E-state index in [0.717, 1.165) is 27.6 Å². The second-order valence-electron chi connectivity index (χ2n) is 13.0. The Bertz CT molecular complexity index is 1690. The molecule has 0 aliphatic rings. The Morgan fingerprint density at radius 1 is 0.854 bits per heavy atom. The first-order chi connectivity index (χ1) is 19.4. The van der Waals surface area contributed by atoms with Crippen molar-refractivity contribution >= 4 is 10.9 Å². The van der Waals surface area contributed by atoms with Crippen LogP contribution in [0, 0.1) is 6.92 Å². The number of aryl methyl sites for hydroxylation is 1. The minimum atomic E-state index is -0.500. The Hall–Kier alpha value is -4.10. The van der Waals surface area contributed by atoms with Gasteiger partial charge in [0.15, 0.2) is 5.82 Å². The zero-order valence-electron chi connectivity index (χ0n) is 25.1. The number of benzene rings is 3. The van der Waals surface area contributed by atoms with Gasteiger partial charge in [-0.15, -0.1) is 5.10 Å². The van der Waals surface area contributed by atoms with Crippen molar-refractivity contribution in [3.8, 4) is 0 Å². The van der Waals surface area contributed by atoms with E-state index in [1.165, 1.54) is 5.56 Å². The summed E-state index contributed by atoms with van der Waals surface area (Å²) in [5, 5.41) is 14.0. The molecule has 1 atom stereocenters. The van der Waals surface area contributed by atoms with Crippen LogP contribution in [0.5, 0.6) is 0 Å². The van der Waals surface area contributed by atoms with Gasteiger partial charge in [0, 0.05) is 18.7 Å². The lowest BCUT2D eigenvalue weighted by Crippen LogP contribution is -2.37. The fourth-order valence-electron chi connectivity index (χ4n) is 5.35. The summed E-state index contributed by atoms with van der Waals surface area (Å²) in [7, 11) is 0. The van der Waals surface area contributed by atoms with E-state index in [2.05, 4.69) is 103 Å². The standard InChI is InChI=1S/C34H40N6O/c1-23-12-11-15-26-20-28(32(41)35-29(23)26)30(31-36-37-38-40(31)34(5,6)7)39(21-24-13-9-8-10-14-24)22-25-16-18-27(19-17-25)33(2,3)4/h8-20,30H,21-22H2,1-7H3,(H,35,41). The number of tetrazole rings is 1. The molecule has 2 heterocycles. The molecule has 0 aliphatic heterocycles. The molecule has 0 fully saturated rings. The van der Waals surface area contributed by atoms with Gasteiger partial charge in [-0.3, -0.25) is 9.69 Å². The minimum Gasteiger partial charge on any atom is -0.321 e. The van der Waals surface area contributed by atoms with Crippen molar-refractivity contribution in [2.24, 2.45) is 0 Å². The topological polar surface area (TPSA) is 79.7 Å². The van der Waals surface area contributed by atoms with Crippen LogP contribution in [0.15, 0.2) is 83.7 Å². The van der Waals surface area contributed by atoms with E-state index in [1.807, 2.05) is 54.1 Å². The van der Waals surface area contributed by atoms with Crippen molar-refractivity contribution in [2.45, 2.75) is 78.6 Å². The summed E-state index contributed by atoms with van der Waals surface area (Å²) >= 11 is 0. The van der Waals surface area contributed by atoms with E-state index >= 15 is 0 Å². The monoisotopic (exact) mass is 548 g/mol. The van der Waals surface area contributed by atoms with Crippen molar-refractivity contribution in [3.63, 3.8) is 0 Å². The summed E-state index contributed by atoms with van der Waals surface area (Å²) in [6.07, 6.45) is 0. The number of pyridine rings is 1. The molecule has 0 bridgehead atoms. The highest BCUT2D eigenvalue weighted by atomic mass is 16.1. The quantitative estimate of drug-likeness (QED) is 0.246. The average molecular weight is 549 g/mol. The van der Waals surface area contributed by atoms with E-state index in [0.29, 0.717) is 24.5 Å². The van der Waals surface area contributed by atoms with Gasteiger partial charge in [-0.25, -0.2) is 4.68 Å². The van der Waals surface area contributed by atoms with Crippen molar-refractivity contribution < 1.29 is 0 Å². The first kappa shape index (κ1) is 28.4. The largest absolute Gasteiger partial charge is 0.321 e. The molecule has 0 saturated carbocycles. The molecular formula is C34H40N6O. The van der Waals surface area contributed by atoms with Crippen LogP contribution in [-0.4, -0.2) is 30.1 Å². The molecule has 0 saturated heterocycles. The normalized spacial score (nSPS) is 13.2. The van der Waals surface area contributed by atoms with Gasteiger partial charge in [0.1, 0.15) is 6.04 Å². The van der Waals surface area contributed by atoms with E-state index in [1.54, 1.807) is 0 Å². The highest BCUT2D eigenvalue weighted by molar-refractivity contribution is 5.82. The molecule has 3 aromatic carbocycles. The maximum atomic E-state index is 13.9. The first-order valence-corrected chi connectivity index (χ1v) is 14.2. The molecule has 0 spiro atoms. The van der Waals surface area contributed by atoms with Crippen LogP contribution in [0.2, 0.25) is 0 Å². The Morgan fingerprint density at radius 2 is 1.51 bits per heavy atom. The molecule has 7 heteroatoms. The van der Waals surface area contributed by atoms with Gasteiger partial charge in [-0.05, 0) is 77.2 Å². The number of hydrogen-bond acceptors (Lipinski definition) is 5. The summed E-state index contributed by atoms with van der Waals surface area (Å²) < 4.78 is 1.85. The smallest absolute Gasteiger partial charge is 0.253 e. The fraction of sp³-hybridized carbons (Fsp3) is 0.353. The predicted molar refractivity (Wildman–Crippen MR) is 165 cm³/mol. The number of hydrogen-bond donors (Lipinski definition) is 1. The molecule has 1 unspecified atom stereocenters. The number of rotatable bonds is 7. The molecule has 5 rings (SSSR count). The zero-order valence-corrected chi connectivity index (χ0v) is 25.1. The van der Waals surface area contributed by atoms with Gasteiger partial charge in [-0.2, -0.15) is 0 Å². The van der Waals surface area contributed by atoms with Crippen LogP contribution in [-0.2, 0) is 24.0 Å². The lowest BCUT2D eigenvalue weighted by molar-refractivity contribution is 0.184. The van der Waals surface area contributed by atoms with Crippen LogP contribution >= 0.6 is 0 Å². The maximum absolute atomic E-state index is 13.9. The van der Waals surface area contributed by atoms with E-state index in [9.17, 15) is 4.79 Å². The van der Waals surface area contributed by atoms with Crippen LogP contribution in [0.1, 0.15) is 81.2 Å². The lowest BCUT2D eigenvalue weighted by atomic mass is 9.86. The predicted octanol–water partition coefficient (Wildman–Crippen LogP) is 6.67. The number of nitrogens with one attached hydrogen (secondary N) is 1. The van der Waals surface area contributed by atoms with Crippen molar-refractivity contribution in [3.05, 3.63) is 123 Å². The van der Waals surface area contributed by atoms with Crippen LogP contribution in [0.25, 0.3) is 10.9 Å². The summed E-state index contributed by atoms with van der Waals surface area (Å²) in [6.45, 7) is 16.1. The number of nitrogens with zero attached hydrogens (tertiary/aromatic N) is 5. The number of para-hydroxylation sites is 1. The molecule has 5 aromatic rings. The summed E-state index contributed by atoms with van der Waals surface area (Å²) in [4.78, 5) is 19.4. The van der Waals surface area contributed by atoms with E-state index in [4.69, 9.17) is 0 Å². The minimum absolute atomic E-state index is 0.0656. The second kappa shape index (κ2) is 11.1. The van der Waals surface area contributed by atoms with Crippen molar-refractivity contribution in [1.82, 2.24) is 30.1 Å². The SMILES string of the molecule is Cc1cccc2cc(C(c3nnnn3C(C)(C)C)N(Cc3ccccc3)Cc3ccc(C(C)(C)C)cc3)c(=O)[nH]c12. The average Bonchev–Trinajstić information content (AvgIpc) is 3.40. The van der Waals surface area contributed by atoms with E-state index < -0.39 is 6.04 Å². The lowest BCUT2D eigenvalue weighted by Gasteiger charge is -2.33. The van der Waals surface area contributed by atoms with Gasteiger partial charge >= 0.3 is 0 Å². The second-order valence-corrected chi connectivity index (χ2v) is 13.0. The molecule has 0 radical (unpaired) electrons. The Kier molecular flexibility index (Phi) is 7.66. The molecule has 1 N–H and O–H groups in total. The van der Waals surface area contributed by atoms with E-state index in [-0.39, 0.29) is 16.5 Å². The number of H-pyrrole nitrogens is 1. The highest BCUT2D eigenvalue weighted by Gasteiger charge is 2.33. The highest BCUT2D eigenvalue weighted by Crippen LogP contribution is 2.33. The number of aromatic nitrogens is 5. The van der Waals surface area contributed by atoms with Gasteiger partial charge < -0.3 is 4.98 Å². The zero-order chi connectivity index (χ0) is 29.4. The molecule has 0 amide bonds. The molecule has 41 heavy (non-hydrogen) atoms. The van der Waals surface area contributed by atoms with Gasteiger partial charge in [0.25, 0.3) is 5.56 Å². The number of aromatic amines is 1. The third-order valence-electron chi connectivity index (χ3n) is 7.58. The third kappa shape index (κ3) is 6.15. The van der Waals surface area contributed by atoms with Gasteiger partial charge in [0.05, 0.1) is 11.1 Å². The fourth-order valence-corrected chi connectivity index (χ4v) is 5.35. The van der Waals surface area contributed by atoms with Crippen LogP contribution in [0.4, 0.5) is 0 Å². The maximum Gasteiger partial charge on any atom is 0.253 e. The van der Waals surface area contributed by atoms with Crippen molar-refractivity contribution in [2.75, 3.05) is 0 Å². The van der Waals surface area contributed by atoms with Crippen molar-refractivity contribution in [1.29, 1.82) is 0 Å². The Balaban J connectivity index is 1.70. The third-order valence-corrected chi connectivity index (χ3v) is 7.58. The van der Waals surface area contributed by atoms with Crippen LogP contribution < -0.4 is 5.56 Å². The molecule has 0 aliphatic carbocycles. The Morgan fingerprint density at radius 3 is 2.15 bits per heavy atom.